The standard InChI is InChI=1S/C23H34Cl2N4O/c1-7-22(3,4)16-11-12-18(17(15-16)23(5,6)8-2)30-14-10-9-13-26-21-28-19(24)27-20(25)29-21/h11-12,15H,7-10,13-14H2,1-6H3,(H,26,27,28,29). The first-order valence-corrected chi connectivity index (χ1v) is 11.4. The van der Waals surface area contributed by atoms with Crippen molar-refractivity contribution in [2.75, 3.05) is 18.5 Å². The van der Waals surface area contributed by atoms with Gasteiger partial charge in [-0.3, -0.25) is 0 Å². The fourth-order valence-electron chi connectivity index (χ4n) is 3.01. The number of hydrogen-bond acceptors (Lipinski definition) is 5. The van der Waals surface area contributed by atoms with Crippen LogP contribution in [0.25, 0.3) is 0 Å². The molecule has 166 valence electrons. The summed E-state index contributed by atoms with van der Waals surface area (Å²) >= 11 is 11.6. The van der Waals surface area contributed by atoms with Crippen LogP contribution in [-0.4, -0.2) is 28.1 Å². The van der Waals surface area contributed by atoms with E-state index in [0.717, 1.165) is 31.4 Å². The van der Waals surface area contributed by atoms with Crippen molar-refractivity contribution >= 4 is 29.2 Å². The first-order valence-electron chi connectivity index (χ1n) is 10.7. The molecule has 0 atom stereocenters. The van der Waals surface area contributed by atoms with Crippen molar-refractivity contribution in [1.29, 1.82) is 0 Å². The molecule has 0 spiro atoms. The van der Waals surface area contributed by atoms with E-state index in [1.165, 1.54) is 11.1 Å². The zero-order valence-corrected chi connectivity index (χ0v) is 20.5. The smallest absolute Gasteiger partial charge is 0.228 e. The highest BCUT2D eigenvalue weighted by atomic mass is 35.5. The number of benzene rings is 1. The Kier molecular flexibility index (Phi) is 8.74. The van der Waals surface area contributed by atoms with Gasteiger partial charge in [0.2, 0.25) is 16.5 Å². The van der Waals surface area contributed by atoms with Gasteiger partial charge in [0.15, 0.2) is 0 Å². The molecule has 0 bridgehead atoms. The van der Waals surface area contributed by atoms with E-state index < -0.39 is 0 Å². The summed E-state index contributed by atoms with van der Waals surface area (Å²) in [5, 5.41) is 3.28. The van der Waals surface area contributed by atoms with Crippen LogP contribution in [0.3, 0.4) is 0 Å². The highest BCUT2D eigenvalue weighted by Crippen LogP contribution is 2.38. The van der Waals surface area contributed by atoms with Gasteiger partial charge >= 0.3 is 0 Å². The molecule has 2 aromatic rings. The highest BCUT2D eigenvalue weighted by Gasteiger charge is 2.26. The molecule has 0 aliphatic heterocycles. The maximum Gasteiger partial charge on any atom is 0.228 e. The zero-order valence-electron chi connectivity index (χ0n) is 19.0. The number of halogens is 2. The van der Waals surface area contributed by atoms with Crippen LogP contribution < -0.4 is 10.1 Å². The number of ether oxygens (including phenoxy) is 1. The van der Waals surface area contributed by atoms with Crippen LogP contribution >= 0.6 is 23.2 Å². The normalized spacial score (nSPS) is 12.1. The minimum Gasteiger partial charge on any atom is -0.493 e. The van der Waals surface area contributed by atoms with Crippen LogP contribution in [0.1, 0.15) is 78.4 Å². The number of nitrogens with one attached hydrogen (secondary N) is 1. The van der Waals surface area contributed by atoms with Crippen molar-refractivity contribution in [3.8, 4) is 5.75 Å². The van der Waals surface area contributed by atoms with Crippen molar-refractivity contribution < 1.29 is 4.74 Å². The molecule has 0 fully saturated rings. The van der Waals surface area contributed by atoms with Gasteiger partial charge in [0, 0.05) is 12.1 Å². The zero-order chi connectivity index (χ0) is 22.4. The average Bonchev–Trinajstić information content (AvgIpc) is 2.69. The second-order valence-electron chi connectivity index (χ2n) is 8.87. The van der Waals surface area contributed by atoms with Crippen LogP contribution in [0.5, 0.6) is 5.75 Å². The van der Waals surface area contributed by atoms with Gasteiger partial charge in [-0.15, -0.1) is 0 Å². The summed E-state index contributed by atoms with van der Waals surface area (Å²) in [6.07, 6.45) is 3.98. The lowest BCUT2D eigenvalue weighted by molar-refractivity contribution is 0.297. The molecule has 0 saturated heterocycles. The van der Waals surface area contributed by atoms with Crippen molar-refractivity contribution in [3.05, 3.63) is 39.9 Å². The molecule has 1 heterocycles. The Balaban J connectivity index is 1.95. The highest BCUT2D eigenvalue weighted by molar-refractivity contribution is 6.31. The van der Waals surface area contributed by atoms with E-state index in [4.69, 9.17) is 27.9 Å². The minimum absolute atomic E-state index is 0.0634. The molecule has 5 nitrogen and oxygen atoms in total. The topological polar surface area (TPSA) is 59.9 Å². The maximum absolute atomic E-state index is 6.21. The minimum atomic E-state index is 0.0634. The number of aromatic nitrogens is 3. The lowest BCUT2D eigenvalue weighted by atomic mass is 9.76. The average molecular weight is 453 g/mol. The molecule has 0 saturated carbocycles. The molecular weight excluding hydrogens is 419 g/mol. The van der Waals surface area contributed by atoms with Crippen LogP contribution in [0.2, 0.25) is 10.6 Å². The van der Waals surface area contributed by atoms with Crippen molar-refractivity contribution in [2.24, 2.45) is 0 Å². The third kappa shape index (κ3) is 6.71. The van der Waals surface area contributed by atoms with Crippen LogP contribution in [0.15, 0.2) is 18.2 Å². The Hall–Kier alpha value is -1.59. The van der Waals surface area contributed by atoms with Crippen molar-refractivity contribution in [1.82, 2.24) is 15.0 Å². The van der Waals surface area contributed by atoms with Gasteiger partial charge in [0.25, 0.3) is 0 Å². The SMILES string of the molecule is CCC(C)(C)c1ccc(OCCCCNc2nc(Cl)nc(Cl)n2)c(C(C)(C)CC)c1. The molecule has 30 heavy (non-hydrogen) atoms. The van der Waals surface area contributed by atoms with Crippen LogP contribution in [0, 0.1) is 0 Å². The molecule has 0 unspecified atom stereocenters. The lowest BCUT2D eigenvalue weighted by Crippen LogP contribution is -2.21. The van der Waals surface area contributed by atoms with Crippen molar-refractivity contribution in [2.45, 2.75) is 78.1 Å². The fourth-order valence-corrected chi connectivity index (χ4v) is 3.38. The van der Waals surface area contributed by atoms with E-state index in [1.54, 1.807) is 0 Å². The summed E-state index contributed by atoms with van der Waals surface area (Å²) in [6, 6.07) is 6.70. The molecule has 0 radical (unpaired) electrons. The van der Waals surface area contributed by atoms with E-state index in [2.05, 4.69) is 80.0 Å². The fraction of sp³-hybridized carbons (Fsp3) is 0.609. The molecular formula is C23H34Cl2N4O. The molecule has 1 aromatic carbocycles. The number of unbranched alkanes of at least 4 members (excludes halogenated alkanes) is 1. The number of anilines is 1. The van der Waals surface area contributed by atoms with Gasteiger partial charge in [0.05, 0.1) is 6.61 Å². The van der Waals surface area contributed by atoms with Gasteiger partial charge in [0.1, 0.15) is 5.75 Å². The van der Waals surface area contributed by atoms with E-state index in [9.17, 15) is 0 Å². The first kappa shape index (κ1) is 24.7. The third-order valence-corrected chi connectivity index (χ3v) is 6.29. The van der Waals surface area contributed by atoms with E-state index in [0.29, 0.717) is 19.1 Å². The number of nitrogens with zero attached hydrogens (tertiary/aromatic N) is 3. The first-order chi connectivity index (χ1) is 14.1. The van der Waals surface area contributed by atoms with Gasteiger partial charge in [-0.2, -0.15) is 15.0 Å². The van der Waals surface area contributed by atoms with E-state index >= 15 is 0 Å². The molecule has 1 aromatic heterocycles. The number of rotatable bonds is 11. The predicted molar refractivity (Wildman–Crippen MR) is 126 cm³/mol. The Morgan fingerprint density at radius 2 is 1.53 bits per heavy atom. The molecule has 1 N–H and O–H groups in total. The molecule has 7 heteroatoms. The molecule has 2 rings (SSSR count). The van der Waals surface area contributed by atoms with E-state index in [1.807, 2.05) is 0 Å². The second kappa shape index (κ2) is 10.6. The maximum atomic E-state index is 6.21. The molecule has 0 aliphatic carbocycles. The predicted octanol–water partition coefficient (Wildman–Crippen LogP) is 6.82. The van der Waals surface area contributed by atoms with Gasteiger partial charge in [-0.1, -0.05) is 53.7 Å². The van der Waals surface area contributed by atoms with Gasteiger partial charge in [-0.25, -0.2) is 0 Å². The summed E-state index contributed by atoms with van der Waals surface area (Å²) in [5.74, 6) is 1.38. The van der Waals surface area contributed by atoms with Gasteiger partial charge < -0.3 is 10.1 Å². The second-order valence-corrected chi connectivity index (χ2v) is 9.54. The quantitative estimate of drug-likeness (QED) is 0.378. The monoisotopic (exact) mass is 452 g/mol. The Morgan fingerprint density at radius 3 is 2.13 bits per heavy atom. The summed E-state index contributed by atoms with van der Waals surface area (Å²) in [6.45, 7) is 15.0. The van der Waals surface area contributed by atoms with Crippen LogP contribution in [0.4, 0.5) is 5.95 Å². The molecule has 0 amide bonds. The Labute approximate surface area is 191 Å². The largest absolute Gasteiger partial charge is 0.493 e. The summed E-state index contributed by atoms with van der Waals surface area (Å²) < 4.78 is 6.21. The Bertz CT molecular complexity index is 820. The Morgan fingerprint density at radius 1 is 0.900 bits per heavy atom. The third-order valence-electron chi connectivity index (χ3n) is 5.95. The summed E-state index contributed by atoms with van der Waals surface area (Å²) in [4.78, 5) is 11.7. The van der Waals surface area contributed by atoms with E-state index in [-0.39, 0.29) is 21.4 Å². The van der Waals surface area contributed by atoms with Crippen molar-refractivity contribution in [3.63, 3.8) is 0 Å². The summed E-state index contributed by atoms with van der Waals surface area (Å²) in [7, 11) is 0. The lowest BCUT2D eigenvalue weighted by Gasteiger charge is -2.30. The van der Waals surface area contributed by atoms with Gasteiger partial charge in [-0.05, 0) is 71.3 Å². The van der Waals surface area contributed by atoms with Crippen LogP contribution in [-0.2, 0) is 10.8 Å². The number of hydrogen-bond donors (Lipinski definition) is 1. The summed E-state index contributed by atoms with van der Waals surface area (Å²) in [5.41, 5.74) is 2.88. The molecule has 0 aliphatic rings.